The number of Topliss-reactive ketones (excluding diaryl/α,β-unsaturated/α-hetero) is 1. The third kappa shape index (κ3) is 5.08. The molecule has 1 aliphatic heterocycles. The Hall–Kier alpha value is -3.80. The number of ketones is 1. The highest BCUT2D eigenvalue weighted by atomic mass is 16.1. The molecule has 0 amide bonds. The fraction of sp³-hybridized carbons (Fsp3) is 0.333. The Balaban J connectivity index is 1.33. The lowest BCUT2D eigenvalue weighted by Crippen LogP contribution is -2.18. The second-order valence-electron chi connectivity index (χ2n) is 9.70. The second kappa shape index (κ2) is 10.4. The lowest BCUT2D eigenvalue weighted by Gasteiger charge is -2.22. The number of aromatic nitrogens is 5. The highest BCUT2D eigenvalue weighted by molar-refractivity contribution is 5.96. The molecule has 5 rings (SSSR count). The summed E-state index contributed by atoms with van der Waals surface area (Å²) in [6, 6.07) is 14.5. The summed E-state index contributed by atoms with van der Waals surface area (Å²) in [7, 11) is 0. The van der Waals surface area contributed by atoms with Crippen molar-refractivity contribution in [3.05, 3.63) is 94.6 Å². The van der Waals surface area contributed by atoms with Gasteiger partial charge in [0.25, 0.3) is 0 Å². The fourth-order valence-electron chi connectivity index (χ4n) is 4.93. The minimum atomic E-state index is 0.202. The van der Waals surface area contributed by atoms with Gasteiger partial charge in [-0.2, -0.15) is 5.10 Å². The maximum Gasteiger partial charge on any atom is 0.174 e. The summed E-state index contributed by atoms with van der Waals surface area (Å²) in [6.07, 6.45) is 12.7. The molecule has 36 heavy (non-hydrogen) atoms. The largest absolute Gasteiger partial charge is 0.306 e. The van der Waals surface area contributed by atoms with E-state index in [9.17, 15) is 4.79 Å². The predicted octanol–water partition coefficient (Wildman–Crippen LogP) is 6.55. The van der Waals surface area contributed by atoms with Crippen LogP contribution in [-0.4, -0.2) is 30.1 Å². The molecule has 3 heterocycles. The Kier molecular flexibility index (Phi) is 6.94. The van der Waals surface area contributed by atoms with Crippen LogP contribution >= 0.6 is 0 Å². The summed E-state index contributed by atoms with van der Waals surface area (Å²) >= 11 is 0. The molecule has 0 fully saturated rings. The summed E-state index contributed by atoms with van der Waals surface area (Å²) in [6.45, 7) is 7.11. The molecule has 184 valence electrons. The van der Waals surface area contributed by atoms with Crippen LogP contribution in [0, 0.1) is 13.8 Å². The number of benzene rings is 2. The average Bonchev–Trinajstić information content (AvgIpc) is 3.52. The van der Waals surface area contributed by atoms with E-state index in [0.29, 0.717) is 6.42 Å². The lowest BCUT2D eigenvalue weighted by atomic mass is 9.90. The molecule has 0 unspecified atom stereocenters. The first-order valence-electron chi connectivity index (χ1n) is 12.9. The van der Waals surface area contributed by atoms with Crippen LogP contribution in [0.5, 0.6) is 0 Å². The number of fused-ring (bicyclic) bond motifs is 1. The van der Waals surface area contributed by atoms with E-state index >= 15 is 0 Å². The Bertz CT molecular complexity index is 1390. The van der Waals surface area contributed by atoms with Gasteiger partial charge in [0.05, 0.1) is 12.0 Å². The molecule has 2 aromatic heterocycles. The van der Waals surface area contributed by atoms with Gasteiger partial charge in [0.2, 0.25) is 0 Å². The predicted molar refractivity (Wildman–Crippen MR) is 143 cm³/mol. The highest BCUT2D eigenvalue weighted by Crippen LogP contribution is 2.32. The number of unbranched alkanes of at least 4 members (excludes halogenated alkanes) is 1. The first-order valence-corrected chi connectivity index (χ1v) is 12.9. The van der Waals surface area contributed by atoms with Gasteiger partial charge in [-0.25, -0.2) is 14.6 Å². The smallest absolute Gasteiger partial charge is 0.174 e. The summed E-state index contributed by atoms with van der Waals surface area (Å²) in [5, 5.41) is 4.76. The number of carbonyl (C=O) groups is 1. The van der Waals surface area contributed by atoms with Crippen molar-refractivity contribution in [2.45, 2.75) is 65.3 Å². The second-order valence-corrected chi connectivity index (χ2v) is 9.70. The van der Waals surface area contributed by atoms with Crippen LogP contribution in [-0.2, 0) is 6.54 Å². The number of hydrogen-bond acceptors (Lipinski definition) is 4. The number of carbonyl (C=O) groups excluding carboxylic acids is 1. The van der Waals surface area contributed by atoms with E-state index in [1.807, 2.05) is 42.3 Å². The van der Waals surface area contributed by atoms with Crippen LogP contribution < -0.4 is 0 Å². The first-order chi connectivity index (χ1) is 17.5. The quantitative estimate of drug-likeness (QED) is 0.269. The summed E-state index contributed by atoms with van der Waals surface area (Å²) in [5.74, 6) is 2.17. The number of rotatable bonds is 8. The van der Waals surface area contributed by atoms with Crippen molar-refractivity contribution in [2.75, 3.05) is 0 Å². The molecule has 4 aromatic rings. The van der Waals surface area contributed by atoms with Crippen LogP contribution in [0.25, 0.3) is 17.8 Å². The Morgan fingerprint density at radius 2 is 1.94 bits per heavy atom. The zero-order chi connectivity index (χ0) is 25.1. The van der Waals surface area contributed by atoms with E-state index in [4.69, 9.17) is 10.1 Å². The molecule has 0 aliphatic carbocycles. The van der Waals surface area contributed by atoms with Crippen LogP contribution in [0.1, 0.15) is 89.3 Å². The molecule has 0 bridgehead atoms. The Labute approximate surface area is 212 Å². The molecule has 6 heteroatoms. The van der Waals surface area contributed by atoms with E-state index < -0.39 is 0 Å². The van der Waals surface area contributed by atoms with Crippen LogP contribution in [0.15, 0.2) is 55.0 Å². The van der Waals surface area contributed by atoms with Gasteiger partial charge in [-0.1, -0.05) is 49.8 Å². The topological polar surface area (TPSA) is 65.6 Å². The average molecular weight is 480 g/mol. The van der Waals surface area contributed by atoms with Crippen molar-refractivity contribution in [3.8, 4) is 5.69 Å². The van der Waals surface area contributed by atoms with Gasteiger partial charge in [-0.05, 0) is 68.0 Å². The van der Waals surface area contributed by atoms with Gasteiger partial charge in [-0.3, -0.25) is 4.79 Å². The maximum atomic E-state index is 12.4. The summed E-state index contributed by atoms with van der Waals surface area (Å²) in [5.41, 5.74) is 6.43. The highest BCUT2D eigenvalue weighted by Gasteiger charge is 2.25. The van der Waals surface area contributed by atoms with Crippen molar-refractivity contribution >= 4 is 17.9 Å². The van der Waals surface area contributed by atoms with E-state index in [1.54, 1.807) is 0 Å². The third-order valence-electron chi connectivity index (χ3n) is 6.92. The van der Waals surface area contributed by atoms with Gasteiger partial charge in [0.15, 0.2) is 11.6 Å². The lowest BCUT2D eigenvalue weighted by molar-refractivity contribution is 0.0979. The van der Waals surface area contributed by atoms with Gasteiger partial charge in [0.1, 0.15) is 5.82 Å². The molecule has 1 aliphatic rings. The zero-order valence-electron chi connectivity index (χ0n) is 21.3. The van der Waals surface area contributed by atoms with Crippen molar-refractivity contribution in [2.24, 2.45) is 0 Å². The minimum Gasteiger partial charge on any atom is -0.306 e. The van der Waals surface area contributed by atoms with Crippen molar-refractivity contribution in [1.82, 2.24) is 24.3 Å². The van der Waals surface area contributed by atoms with Crippen molar-refractivity contribution < 1.29 is 4.79 Å². The molecule has 0 spiro atoms. The van der Waals surface area contributed by atoms with E-state index in [2.05, 4.69) is 59.8 Å². The molecule has 2 aromatic carbocycles. The van der Waals surface area contributed by atoms with E-state index in [0.717, 1.165) is 66.4 Å². The molecule has 0 saturated heterocycles. The third-order valence-corrected chi connectivity index (χ3v) is 6.92. The normalized spacial score (nSPS) is 15.4. The SMILES string of the molecule is CCCCC(=O)c1ccc([C@@H]2CCCn3nc(/C=C/c4ccc(-n5cnc(C)c5)c(C)c4)nc32)cc1. The molecule has 0 radical (unpaired) electrons. The molecular formula is C30H33N5O. The first kappa shape index (κ1) is 23.9. The van der Waals surface area contributed by atoms with Gasteiger partial charge >= 0.3 is 0 Å². The summed E-state index contributed by atoms with van der Waals surface area (Å²) < 4.78 is 4.10. The van der Waals surface area contributed by atoms with Crippen molar-refractivity contribution in [1.29, 1.82) is 0 Å². The monoisotopic (exact) mass is 479 g/mol. The molecule has 0 N–H and O–H groups in total. The van der Waals surface area contributed by atoms with Crippen molar-refractivity contribution in [3.63, 3.8) is 0 Å². The van der Waals surface area contributed by atoms with E-state index in [1.165, 1.54) is 11.1 Å². The van der Waals surface area contributed by atoms with E-state index in [-0.39, 0.29) is 11.7 Å². The number of imidazole rings is 1. The maximum absolute atomic E-state index is 12.4. The molecular weight excluding hydrogens is 446 g/mol. The summed E-state index contributed by atoms with van der Waals surface area (Å²) in [4.78, 5) is 21.6. The minimum absolute atomic E-state index is 0.202. The molecule has 1 atom stereocenters. The van der Waals surface area contributed by atoms with Crippen LogP contribution in [0.2, 0.25) is 0 Å². The van der Waals surface area contributed by atoms with Gasteiger partial charge in [-0.15, -0.1) is 0 Å². The number of hydrogen-bond donors (Lipinski definition) is 0. The Morgan fingerprint density at radius 1 is 1.11 bits per heavy atom. The van der Waals surface area contributed by atoms with Gasteiger partial charge < -0.3 is 4.57 Å². The number of nitrogens with zero attached hydrogens (tertiary/aromatic N) is 5. The van der Waals surface area contributed by atoms with Crippen LogP contribution in [0.4, 0.5) is 0 Å². The standard InChI is InChI=1S/C30H33N5O/c1-4-5-8-28(36)25-13-11-24(12-14-25)26-7-6-17-35-30(26)32-29(33-35)16-10-23-9-15-27(21(2)18-23)34-19-22(3)31-20-34/h9-16,18-20,26H,4-8,17H2,1-3H3/b16-10+/t26-/m0/s1. The Morgan fingerprint density at radius 3 is 2.67 bits per heavy atom. The molecule has 0 saturated carbocycles. The fourth-order valence-corrected chi connectivity index (χ4v) is 4.93. The molecule has 6 nitrogen and oxygen atoms in total. The number of aryl methyl sites for hydroxylation is 3. The van der Waals surface area contributed by atoms with Gasteiger partial charge in [0, 0.05) is 36.3 Å². The zero-order valence-corrected chi connectivity index (χ0v) is 21.3. The van der Waals surface area contributed by atoms with Crippen LogP contribution in [0.3, 0.4) is 0 Å².